The lowest BCUT2D eigenvalue weighted by Gasteiger charge is -2.13. The summed E-state index contributed by atoms with van der Waals surface area (Å²) in [5.41, 5.74) is 7.25. The van der Waals surface area contributed by atoms with Crippen LogP contribution in [0.5, 0.6) is 5.75 Å². The molecule has 0 fully saturated rings. The molecule has 0 radical (unpaired) electrons. The smallest absolute Gasteiger partial charge is 0.173 e. The van der Waals surface area contributed by atoms with E-state index in [9.17, 15) is 0 Å². The van der Waals surface area contributed by atoms with Crippen molar-refractivity contribution in [2.45, 2.75) is 33.1 Å². The van der Waals surface area contributed by atoms with E-state index in [0.29, 0.717) is 17.9 Å². The lowest BCUT2D eigenvalue weighted by atomic mass is 10.1. The Bertz CT molecular complexity index is 389. The number of ether oxygens (including phenoxy) is 1. The van der Waals surface area contributed by atoms with E-state index in [1.54, 1.807) is 6.07 Å². The van der Waals surface area contributed by atoms with Crippen molar-refractivity contribution in [3.63, 3.8) is 0 Å². The second kappa shape index (κ2) is 6.78. The number of oxime groups is 1. The topological polar surface area (TPSA) is 67.8 Å². The van der Waals surface area contributed by atoms with Gasteiger partial charge in [0.25, 0.3) is 0 Å². The Labute approximate surface area is 102 Å². The molecule has 4 nitrogen and oxygen atoms in total. The highest BCUT2D eigenvalue weighted by atomic mass is 16.5. The number of rotatable bonds is 6. The molecule has 0 aromatic heterocycles. The average molecular weight is 236 g/mol. The van der Waals surface area contributed by atoms with Crippen LogP contribution in [0.15, 0.2) is 23.4 Å². The molecule has 0 spiro atoms. The fourth-order valence-electron chi connectivity index (χ4n) is 1.63. The summed E-state index contributed by atoms with van der Waals surface area (Å²) in [4.78, 5) is 0. The van der Waals surface area contributed by atoms with Gasteiger partial charge < -0.3 is 15.7 Å². The molecule has 0 unspecified atom stereocenters. The van der Waals surface area contributed by atoms with E-state index in [1.807, 2.05) is 19.1 Å². The van der Waals surface area contributed by atoms with E-state index in [0.717, 1.165) is 24.8 Å². The van der Waals surface area contributed by atoms with Crippen LogP contribution in [0.3, 0.4) is 0 Å². The summed E-state index contributed by atoms with van der Waals surface area (Å²) >= 11 is 0. The highest BCUT2D eigenvalue weighted by Gasteiger charge is 2.10. The second-order valence-electron chi connectivity index (χ2n) is 3.99. The molecule has 0 aliphatic rings. The third-order valence-corrected chi connectivity index (χ3v) is 2.59. The highest BCUT2D eigenvalue weighted by molar-refractivity contribution is 5.99. The zero-order valence-electron chi connectivity index (χ0n) is 10.4. The van der Waals surface area contributed by atoms with Gasteiger partial charge in [0.15, 0.2) is 5.84 Å². The molecule has 4 heteroatoms. The van der Waals surface area contributed by atoms with Crippen molar-refractivity contribution in [2.24, 2.45) is 10.9 Å². The van der Waals surface area contributed by atoms with Crippen molar-refractivity contribution in [1.29, 1.82) is 0 Å². The number of nitrogens with two attached hydrogens (primary N) is 1. The number of para-hydroxylation sites is 1. The molecule has 0 saturated carbocycles. The first-order chi connectivity index (χ1) is 8.20. The van der Waals surface area contributed by atoms with Crippen LogP contribution in [0.25, 0.3) is 0 Å². The van der Waals surface area contributed by atoms with Gasteiger partial charge >= 0.3 is 0 Å². The standard InChI is InChI=1S/C13H20N2O2/c1-3-4-5-9-17-12-10(2)7-6-8-11(12)13(14)15-16/h6-8,16H,3-5,9H2,1-2H3,(H2,14,15). The predicted octanol–water partition coefficient (Wildman–Crippen LogP) is 2.66. The third-order valence-electron chi connectivity index (χ3n) is 2.59. The van der Waals surface area contributed by atoms with Gasteiger partial charge in [0.05, 0.1) is 12.2 Å². The largest absolute Gasteiger partial charge is 0.493 e. The zero-order chi connectivity index (χ0) is 12.7. The van der Waals surface area contributed by atoms with Crippen molar-refractivity contribution in [3.05, 3.63) is 29.3 Å². The molecule has 0 saturated heterocycles. The SMILES string of the molecule is CCCCCOc1c(C)cccc1/C(N)=N/O. The average Bonchev–Trinajstić information content (AvgIpc) is 2.35. The van der Waals surface area contributed by atoms with Crippen LogP contribution >= 0.6 is 0 Å². The van der Waals surface area contributed by atoms with Crippen LogP contribution < -0.4 is 10.5 Å². The van der Waals surface area contributed by atoms with Crippen LogP contribution in [0.1, 0.15) is 37.3 Å². The lowest BCUT2D eigenvalue weighted by Crippen LogP contribution is -2.15. The van der Waals surface area contributed by atoms with Gasteiger partial charge in [-0.25, -0.2) is 0 Å². The number of unbranched alkanes of at least 4 members (excludes halogenated alkanes) is 2. The summed E-state index contributed by atoms with van der Waals surface area (Å²) in [5, 5.41) is 11.7. The van der Waals surface area contributed by atoms with Gasteiger partial charge in [-0.2, -0.15) is 0 Å². The molecule has 3 N–H and O–H groups in total. The minimum Gasteiger partial charge on any atom is -0.493 e. The summed E-state index contributed by atoms with van der Waals surface area (Å²) in [7, 11) is 0. The maximum atomic E-state index is 8.72. The normalized spacial score (nSPS) is 11.5. The van der Waals surface area contributed by atoms with Gasteiger partial charge in [-0.3, -0.25) is 0 Å². The van der Waals surface area contributed by atoms with Crippen LogP contribution in [0.2, 0.25) is 0 Å². The van der Waals surface area contributed by atoms with Crippen LogP contribution in [-0.4, -0.2) is 17.6 Å². The van der Waals surface area contributed by atoms with Crippen molar-refractivity contribution in [1.82, 2.24) is 0 Å². The molecule has 1 aromatic carbocycles. The van der Waals surface area contributed by atoms with Gasteiger partial charge in [-0.15, -0.1) is 0 Å². The molecular weight excluding hydrogens is 216 g/mol. The van der Waals surface area contributed by atoms with E-state index in [-0.39, 0.29) is 5.84 Å². The highest BCUT2D eigenvalue weighted by Crippen LogP contribution is 2.23. The monoisotopic (exact) mass is 236 g/mol. The summed E-state index contributed by atoms with van der Waals surface area (Å²) < 4.78 is 5.72. The quantitative estimate of drug-likeness (QED) is 0.262. The Morgan fingerprint density at radius 2 is 2.18 bits per heavy atom. The van der Waals surface area contributed by atoms with Gasteiger partial charge in [0.1, 0.15) is 5.75 Å². The van der Waals surface area contributed by atoms with E-state index < -0.39 is 0 Å². The Balaban J connectivity index is 2.81. The fourth-order valence-corrected chi connectivity index (χ4v) is 1.63. The van der Waals surface area contributed by atoms with Gasteiger partial charge in [0, 0.05) is 0 Å². The lowest BCUT2D eigenvalue weighted by molar-refractivity contribution is 0.301. The van der Waals surface area contributed by atoms with Crippen LogP contribution in [0, 0.1) is 6.92 Å². The van der Waals surface area contributed by atoms with Crippen molar-refractivity contribution in [2.75, 3.05) is 6.61 Å². The van der Waals surface area contributed by atoms with E-state index >= 15 is 0 Å². The molecule has 1 rings (SSSR count). The third kappa shape index (κ3) is 3.66. The molecule has 17 heavy (non-hydrogen) atoms. The van der Waals surface area contributed by atoms with Gasteiger partial charge in [0.2, 0.25) is 0 Å². The number of hydrogen-bond acceptors (Lipinski definition) is 3. The van der Waals surface area contributed by atoms with Crippen molar-refractivity contribution < 1.29 is 9.94 Å². The first-order valence-electron chi connectivity index (χ1n) is 5.91. The summed E-state index contributed by atoms with van der Waals surface area (Å²) in [5.74, 6) is 0.790. The molecule has 0 atom stereocenters. The van der Waals surface area contributed by atoms with Crippen LogP contribution in [-0.2, 0) is 0 Å². The number of amidine groups is 1. The van der Waals surface area contributed by atoms with Crippen molar-refractivity contribution >= 4 is 5.84 Å². The van der Waals surface area contributed by atoms with Gasteiger partial charge in [-0.05, 0) is 25.0 Å². The van der Waals surface area contributed by atoms with Crippen LogP contribution in [0.4, 0.5) is 0 Å². The number of hydrogen-bond donors (Lipinski definition) is 2. The second-order valence-corrected chi connectivity index (χ2v) is 3.99. The summed E-state index contributed by atoms with van der Waals surface area (Å²) in [6, 6.07) is 5.60. The summed E-state index contributed by atoms with van der Waals surface area (Å²) in [6.45, 7) is 4.75. The van der Waals surface area contributed by atoms with E-state index in [2.05, 4.69) is 12.1 Å². The minimum absolute atomic E-state index is 0.0826. The summed E-state index contributed by atoms with van der Waals surface area (Å²) in [6.07, 6.45) is 3.31. The molecule has 0 aliphatic carbocycles. The number of benzene rings is 1. The van der Waals surface area contributed by atoms with Gasteiger partial charge in [-0.1, -0.05) is 37.1 Å². The van der Waals surface area contributed by atoms with E-state index in [4.69, 9.17) is 15.7 Å². The molecule has 0 aliphatic heterocycles. The van der Waals surface area contributed by atoms with E-state index in [1.165, 1.54) is 0 Å². The molecule has 1 aromatic rings. The van der Waals surface area contributed by atoms with Crippen molar-refractivity contribution in [3.8, 4) is 5.75 Å². The Hall–Kier alpha value is -1.71. The molecular formula is C13H20N2O2. The maximum Gasteiger partial charge on any atom is 0.173 e. The number of nitrogens with zero attached hydrogens (tertiary/aromatic N) is 1. The zero-order valence-corrected chi connectivity index (χ0v) is 10.4. The number of aryl methyl sites for hydroxylation is 1. The maximum absolute atomic E-state index is 8.72. The Morgan fingerprint density at radius 3 is 2.82 bits per heavy atom. The Morgan fingerprint density at radius 1 is 1.41 bits per heavy atom. The molecule has 94 valence electrons. The molecule has 0 heterocycles. The first-order valence-corrected chi connectivity index (χ1v) is 5.91. The Kier molecular flexibility index (Phi) is 5.33. The fraction of sp³-hybridized carbons (Fsp3) is 0.462. The predicted molar refractivity (Wildman–Crippen MR) is 68.7 cm³/mol. The minimum atomic E-state index is 0.0826. The molecule has 0 amide bonds. The molecule has 0 bridgehead atoms. The first kappa shape index (κ1) is 13.4.